The third-order valence-electron chi connectivity index (χ3n) is 3.72. The van der Waals surface area contributed by atoms with Crippen molar-refractivity contribution in [3.63, 3.8) is 0 Å². The fourth-order valence-corrected chi connectivity index (χ4v) is 2.75. The van der Waals surface area contributed by atoms with Gasteiger partial charge in [0.15, 0.2) is 0 Å². The zero-order valence-electron chi connectivity index (χ0n) is 12.1. The molecular weight excluding hydrogens is 272 g/mol. The molecule has 20 heavy (non-hydrogen) atoms. The highest BCUT2D eigenvalue weighted by molar-refractivity contribution is 6.30. The molecule has 1 aromatic heterocycles. The number of halogens is 1. The van der Waals surface area contributed by atoms with Crippen LogP contribution in [0.15, 0.2) is 35.1 Å². The number of hydrogen-bond acceptors (Lipinski definition) is 2. The molecule has 0 radical (unpaired) electrons. The van der Waals surface area contributed by atoms with Crippen LogP contribution in [0.25, 0.3) is 10.8 Å². The van der Waals surface area contributed by atoms with E-state index in [2.05, 4.69) is 18.7 Å². The molecule has 0 spiro atoms. The maximum absolute atomic E-state index is 12.4. The summed E-state index contributed by atoms with van der Waals surface area (Å²) < 4.78 is 1.67. The lowest BCUT2D eigenvalue weighted by atomic mass is 10.2. The Bertz CT molecular complexity index is 632. The Morgan fingerprint density at radius 1 is 1.20 bits per heavy atom. The highest BCUT2D eigenvalue weighted by Crippen LogP contribution is 2.16. The van der Waals surface area contributed by atoms with E-state index in [1.54, 1.807) is 4.57 Å². The van der Waals surface area contributed by atoms with Gasteiger partial charge in [-0.1, -0.05) is 43.6 Å². The summed E-state index contributed by atoms with van der Waals surface area (Å²) in [6.07, 6.45) is 0.930. The first-order valence-electron chi connectivity index (χ1n) is 7.17. The van der Waals surface area contributed by atoms with Crippen molar-refractivity contribution < 1.29 is 0 Å². The van der Waals surface area contributed by atoms with Crippen molar-refractivity contribution in [2.45, 2.75) is 26.8 Å². The van der Waals surface area contributed by atoms with Gasteiger partial charge in [0, 0.05) is 11.9 Å². The number of nitrogens with zero attached hydrogens (tertiary/aromatic N) is 2. The maximum Gasteiger partial charge on any atom is 0.259 e. The fraction of sp³-hybridized carbons (Fsp3) is 0.438. The second kappa shape index (κ2) is 6.91. The van der Waals surface area contributed by atoms with Gasteiger partial charge in [0.2, 0.25) is 0 Å². The molecule has 0 N–H and O–H groups in total. The van der Waals surface area contributed by atoms with Crippen LogP contribution in [-0.4, -0.2) is 29.1 Å². The van der Waals surface area contributed by atoms with Crippen LogP contribution >= 0.6 is 11.6 Å². The van der Waals surface area contributed by atoms with Gasteiger partial charge < -0.3 is 4.90 Å². The molecule has 3 nitrogen and oxygen atoms in total. The Morgan fingerprint density at radius 2 is 1.90 bits per heavy atom. The predicted molar refractivity (Wildman–Crippen MR) is 85.6 cm³/mol. The van der Waals surface area contributed by atoms with E-state index in [1.807, 2.05) is 30.3 Å². The summed E-state index contributed by atoms with van der Waals surface area (Å²) in [5.41, 5.74) is 0.00708. The molecule has 0 bridgehead atoms. The van der Waals surface area contributed by atoms with Crippen molar-refractivity contribution >= 4 is 22.4 Å². The van der Waals surface area contributed by atoms with Gasteiger partial charge in [0.05, 0.1) is 0 Å². The van der Waals surface area contributed by atoms with Gasteiger partial charge in [-0.2, -0.15) is 0 Å². The van der Waals surface area contributed by atoms with Crippen LogP contribution in [0.1, 0.15) is 20.3 Å². The number of fused-ring (bicyclic) bond motifs is 1. The molecule has 0 saturated heterocycles. The number of aromatic nitrogens is 1. The van der Waals surface area contributed by atoms with Crippen molar-refractivity contribution in [2.24, 2.45) is 0 Å². The number of hydrogen-bond donors (Lipinski definition) is 0. The van der Waals surface area contributed by atoms with Crippen LogP contribution in [0.5, 0.6) is 0 Å². The minimum atomic E-state index is 0.00708. The van der Waals surface area contributed by atoms with E-state index < -0.39 is 0 Å². The molecule has 0 saturated carbocycles. The van der Waals surface area contributed by atoms with Gasteiger partial charge >= 0.3 is 0 Å². The van der Waals surface area contributed by atoms with Crippen LogP contribution in [0.3, 0.4) is 0 Å². The summed E-state index contributed by atoms with van der Waals surface area (Å²) in [6.45, 7) is 8.03. The smallest absolute Gasteiger partial charge is 0.259 e. The van der Waals surface area contributed by atoms with Gasteiger partial charge in [0.25, 0.3) is 5.56 Å². The van der Waals surface area contributed by atoms with Gasteiger partial charge in [-0.3, -0.25) is 9.36 Å². The van der Waals surface area contributed by atoms with Crippen LogP contribution < -0.4 is 5.56 Å². The lowest BCUT2D eigenvalue weighted by Crippen LogP contribution is -2.27. The topological polar surface area (TPSA) is 25.2 Å². The van der Waals surface area contributed by atoms with Crippen molar-refractivity contribution in [3.05, 3.63) is 45.8 Å². The summed E-state index contributed by atoms with van der Waals surface area (Å²) in [5.74, 6) is 0. The van der Waals surface area contributed by atoms with Crippen molar-refractivity contribution in [3.8, 4) is 0 Å². The van der Waals surface area contributed by atoms with Crippen molar-refractivity contribution in [1.82, 2.24) is 9.47 Å². The SMILES string of the molecule is CCN(CC)CCCn1c(Cl)cc2ccccc2c1=O. The molecule has 0 unspecified atom stereocenters. The molecule has 0 aliphatic carbocycles. The van der Waals surface area contributed by atoms with E-state index in [0.29, 0.717) is 11.7 Å². The second-order valence-corrected chi connectivity index (χ2v) is 5.28. The first kappa shape index (κ1) is 15.1. The summed E-state index contributed by atoms with van der Waals surface area (Å²) in [4.78, 5) is 14.8. The molecule has 0 fully saturated rings. The van der Waals surface area contributed by atoms with Crippen LogP contribution in [0.4, 0.5) is 0 Å². The largest absolute Gasteiger partial charge is 0.304 e. The highest BCUT2D eigenvalue weighted by atomic mass is 35.5. The predicted octanol–water partition coefficient (Wildman–Crippen LogP) is 3.39. The third-order valence-corrected chi connectivity index (χ3v) is 4.03. The molecule has 2 aromatic rings. The number of benzene rings is 1. The minimum Gasteiger partial charge on any atom is -0.304 e. The third kappa shape index (κ3) is 3.22. The molecule has 1 heterocycles. The summed E-state index contributed by atoms with van der Waals surface area (Å²) in [7, 11) is 0. The van der Waals surface area contributed by atoms with E-state index in [9.17, 15) is 4.79 Å². The molecule has 108 valence electrons. The Morgan fingerprint density at radius 3 is 2.60 bits per heavy atom. The summed E-state index contributed by atoms with van der Waals surface area (Å²) >= 11 is 6.24. The summed E-state index contributed by atoms with van der Waals surface area (Å²) in [6, 6.07) is 9.45. The van der Waals surface area contributed by atoms with E-state index in [1.165, 1.54) is 0 Å². The van der Waals surface area contributed by atoms with Gasteiger partial charge in [-0.15, -0.1) is 0 Å². The van der Waals surface area contributed by atoms with E-state index in [4.69, 9.17) is 11.6 Å². The van der Waals surface area contributed by atoms with Gasteiger partial charge in [0.1, 0.15) is 5.15 Å². The Balaban J connectivity index is 2.20. The first-order chi connectivity index (χ1) is 9.67. The Hall–Kier alpha value is -1.32. The average molecular weight is 293 g/mol. The van der Waals surface area contributed by atoms with Gasteiger partial charge in [-0.05, 0) is 43.6 Å². The number of pyridine rings is 1. The second-order valence-electron chi connectivity index (χ2n) is 4.89. The van der Waals surface area contributed by atoms with Gasteiger partial charge in [-0.25, -0.2) is 0 Å². The van der Waals surface area contributed by atoms with Crippen molar-refractivity contribution in [1.29, 1.82) is 0 Å². The standard InChI is InChI=1S/C16H21ClN2O/c1-3-18(4-2)10-7-11-19-15(17)12-13-8-5-6-9-14(13)16(19)20/h5-6,8-9,12H,3-4,7,10-11H2,1-2H3. The minimum absolute atomic E-state index is 0.00708. The number of rotatable bonds is 6. The Kier molecular flexibility index (Phi) is 5.21. The normalized spacial score (nSPS) is 11.4. The molecule has 4 heteroatoms. The zero-order chi connectivity index (χ0) is 14.5. The lowest BCUT2D eigenvalue weighted by molar-refractivity contribution is 0.293. The molecular formula is C16H21ClN2O. The quantitative estimate of drug-likeness (QED) is 0.763. The zero-order valence-corrected chi connectivity index (χ0v) is 12.9. The highest BCUT2D eigenvalue weighted by Gasteiger charge is 2.07. The van der Waals surface area contributed by atoms with Crippen LogP contribution in [0.2, 0.25) is 5.15 Å². The monoisotopic (exact) mass is 292 g/mol. The fourth-order valence-electron chi connectivity index (χ4n) is 2.47. The lowest BCUT2D eigenvalue weighted by Gasteiger charge is -2.18. The molecule has 1 aromatic carbocycles. The average Bonchev–Trinajstić information content (AvgIpc) is 2.46. The van der Waals surface area contributed by atoms with E-state index in [-0.39, 0.29) is 5.56 Å². The van der Waals surface area contributed by atoms with E-state index in [0.717, 1.165) is 36.8 Å². The summed E-state index contributed by atoms with van der Waals surface area (Å²) in [5, 5.41) is 2.16. The van der Waals surface area contributed by atoms with E-state index >= 15 is 0 Å². The van der Waals surface area contributed by atoms with Crippen LogP contribution in [-0.2, 0) is 6.54 Å². The first-order valence-corrected chi connectivity index (χ1v) is 7.55. The van der Waals surface area contributed by atoms with Crippen molar-refractivity contribution in [2.75, 3.05) is 19.6 Å². The molecule has 0 aliphatic heterocycles. The maximum atomic E-state index is 12.4. The molecule has 0 amide bonds. The van der Waals surface area contributed by atoms with Crippen LogP contribution in [0, 0.1) is 0 Å². The Labute approximate surface area is 124 Å². The molecule has 0 atom stereocenters. The molecule has 0 aliphatic rings. The molecule has 2 rings (SSSR count).